The normalized spacial score (nSPS) is 24.7. The fourth-order valence-electron chi connectivity index (χ4n) is 5.98. The molecule has 176 valence electrons. The molecule has 4 rings (SSSR count). The lowest BCUT2D eigenvalue weighted by Gasteiger charge is -2.40. The Hall–Kier alpha value is -1.88. The van der Waals surface area contributed by atoms with Crippen LogP contribution in [-0.4, -0.2) is 65.3 Å². The molecule has 1 aromatic rings. The zero-order valence-corrected chi connectivity index (χ0v) is 20.0. The minimum Gasteiger partial charge on any atom is -0.342 e. The highest BCUT2D eigenvalue weighted by Gasteiger charge is 2.37. The van der Waals surface area contributed by atoms with Crippen LogP contribution in [-0.2, 0) is 16.1 Å². The highest BCUT2D eigenvalue weighted by molar-refractivity contribution is 5.80. The number of likely N-dealkylation sites (tertiary alicyclic amines) is 3. The van der Waals surface area contributed by atoms with Crippen LogP contribution < -0.4 is 0 Å². The molecule has 0 bridgehead atoms. The number of hydrogen-bond acceptors (Lipinski definition) is 3. The molecule has 3 fully saturated rings. The maximum atomic E-state index is 13.4. The summed E-state index contributed by atoms with van der Waals surface area (Å²) in [6.07, 6.45) is 7.18. The topological polar surface area (TPSA) is 43.9 Å². The van der Waals surface area contributed by atoms with E-state index >= 15 is 0 Å². The summed E-state index contributed by atoms with van der Waals surface area (Å²) in [4.78, 5) is 33.2. The van der Waals surface area contributed by atoms with Crippen LogP contribution >= 0.6 is 0 Å². The third-order valence-corrected chi connectivity index (χ3v) is 8.07. The summed E-state index contributed by atoms with van der Waals surface area (Å²) in [5.74, 6) is 1.46. The average Bonchev–Trinajstić information content (AvgIpc) is 3.01. The van der Waals surface area contributed by atoms with Crippen LogP contribution in [0.25, 0.3) is 0 Å². The molecular weight excluding hydrogens is 398 g/mol. The fraction of sp³-hybridized carbons (Fsp3) is 0.704. The van der Waals surface area contributed by atoms with E-state index in [0.29, 0.717) is 23.8 Å². The van der Waals surface area contributed by atoms with Crippen molar-refractivity contribution in [3.05, 3.63) is 35.9 Å². The summed E-state index contributed by atoms with van der Waals surface area (Å²) in [5, 5.41) is 0. The van der Waals surface area contributed by atoms with Crippen LogP contribution in [0.4, 0.5) is 0 Å². The molecule has 0 saturated carbocycles. The Labute approximate surface area is 194 Å². The molecule has 3 saturated heterocycles. The maximum Gasteiger partial charge on any atom is 0.226 e. The third kappa shape index (κ3) is 5.54. The van der Waals surface area contributed by atoms with Crippen molar-refractivity contribution in [2.45, 2.75) is 71.4 Å². The van der Waals surface area contributed by atoms with Crippen LogP contribution in [0.2, 0.25) is 0 Å². The van der Waals surface area contributed by atoms with Crippen molar-refractivity contribution in [1.29, 1.82) is 0 Å². The molecule has 0 radical (unpaired) electrons. The van der Waals surface area contributed by atoms with Gasteiger partial charge >= 0.3 is 0 Å². The molecule has 0 aromatic heterocycles. The van der Waals surface area contributed by atoms with E-state index in [-0.39, 0.29) is 11.8 Å². The molecule has 1 atom stereocenters. The first-order valence-electron chi connectivity index (χ1n) is 12.9. The van der Waals surface area contributed by atoms with E-state index in [1.807, 2.05) is 6.07 Å². The summed E-state index contributed by atoms with van der Waals surface area (Å²) < 4.78 is 0. The number of rotatable bonds is 5. The van der Waals surface area contributed by atoms with E-state index in [4.69, 9.17) is 0 Å². The maximum absolute atomic E-state index is 13.4. The van der Waals surface area contributed by atoms with Crippen molar-refractivity contribution in [3.8, 4) is 0 Å². The van der Waals surface area contributed by atoms with Gasteiger partial charge in [0.1, 0.15) is 0 Å². The van der Waals surface area contributed by atoms with Gasteiger partial charge < -0.3 is 14.7 Å². The smallest absolute Gasteiger partial charge is 0.226 e. The number of hydrogen-bond donors (Lipinski definition) is 0. The second-order valence-electron chi connectivity index (χ2n) is 10.4. The van der Waals surface area contributed by atoms with E-state index < -0.39 is 0 Å². The van der Waals surface area contributed by atoms with Gasteiger partial charge in [0.05, 0.1) is 0 Å². The van der Waals surface area contributed by atoms with Crippen LogP contribution in [0, 0.1) is 17.8 Å². The van der Waals surface area contributed by atoms with Gasteiger partial charge in [-0.2, -0.15) is 0 Å². The summed E-state index contributed by atoms with van der Waals surface area (Å²) >= 11 is 0. The van der Waals surface area contributed by atoms with E-state index in [1.165, 1.54) is 5.56 Å². The standard InChI is InChI=1S/C27H41N3O2/c1-21(2)28-16-13-24(14-17-28)26(31)29-18-11-23(12-19-29)25-10-6-7-15-30(27(25)32)20-22-8-4-3-5-9-22/h3-5,8-9,21,23-25H,6-7,10-20H2,1-2H3. The number of piperidine rings is 2. The molecule has 32 heavy (non-hydrogen) atoms. The molecule has 3 aliphatic heterocycles. The summed E-state index contributed by atoms with van der Waals surface area (Å²) in [6, 6.07) is 10.9. The van der Waals surface area contributed by atoms with Crippen molar-refractivity contribution < 1.29 is 9.59 Å². The number of carbonyl (C=O) groups excluding carboxylic acids is 2. The van der Waals surface area contributed by atoms with E-state index in [9.17, 15) is 9.59 Å². The van der Waals surface area contributed by atoms with Gasteiger partial charge in [0.2, 0.25) is 11.8 Å². The predicted octanol–water partition coefficient (Wildman–Crippen LogP) is 4.17. The van der Waals surface area contributed by atoms with Gasteiger partial charge in [-0.25, -0.2) is 0 Å². The molecule has 0 aliphatic carbocycles. The van der Waals surface area contributed by atoms with E-state index in [1.54, 1.807) is 0 Å². The largest absolute Gasteiger partial charge is 0.342 e. The monoisotopic (exact) mass is 439 g/mol. The van der Waals surface area contributed by atoms with E-state index in [2.05, 4.69) is 52.8 Å². The molecule has 5 nitrogen and oxygen atoms in total. The Kier molecular flexibility index (Phi) is 7.88. The molecular formula is C27H41N3O2. The number of carbonyl (C=O) groups is 2. The molecule has 0 N–H and O–H groups in total. The van der Waals surface area contributed by atoms with Crippen molar-refractivity contribution in [1.82, 2.24) is 14.7 Å². The van der Waals surface area contributed by atoms with Gasteiger partial charge in [-0.1, -0.05) is 36.8 Å². The first kappa shape index (κ1) is 23.3. The Bertz CT molecular complexity index is 749. The number of benzene rings is 1. The molecule has 5 heteroatoms. The lowest BCUT2D eigenvalue weighted by Crippen LogP contribution is -2.48. The SMILES string of the molecule is CC(C)N1CCC(C(=O)N2CCC(C3CCCCN(Cc4ccccc4)C3=O)CC2)CC1. The summed E-state index contributed by atoms with van der Waals surface area (Å²) in [5.41, 5.74) is 1.21. The van der Waals surface area contributed by atoms with Crippen molar-refractivity contribution in [2.75, 3.05) is 32.7 Å². The highest BCUT2D eigenvalue weighted by atomic mass is 16.2. The zero-order chi connectivity index (χ0) is 22.5. The Morgan fingerprint density at radius 2 is 1.59 bits per heavy atom. The van der Waals surface area contributed by atoms with Gasteiger partial charge in [-0.15, -0.1) is 0 Å². The number of amides is 2. The van der Waals surface area contributed by atoms with Crippen molar-refractivity contribution >= 4 is 11.8 Å². The van der Waals surface area contributed by atoms with Crippen molar-refractivity contribution in [2.24, 2.45) is 17.8 Å². The zero-order valence-electron chi connectivity index (χ0n) is 20.0. The van der Waals surface area contributed by atoms with Gasteiger partial charge in [0.15, 0.2) is 0 Å². The van der Waals surface area contributed by atoms with Gasteiger partial charge in [-0.3, -0.25) is 9.59 Å². The second kappa shape index (κ2) is 10.8. The quantitative estimate of drug-likeness (QED) is 0.691. The lowest BCUT2D eigenvalue weighted by atomic mass is 9.80. The molecule has 1 aromatic carbocycles. The average molecular weight is 440 g/mol. The minimum atomic E-state index is 0.132. The molecule has 2 amide bonds. The summed E-state index contributed by atoms with van der Waals surface area (Å²) in [7, 11) is 0. The highest BCUT2D eigenvalue weighted by Crippen LogP contribution is 2.33. The molecule has 1 unspecified atom stereocenters. The first-order chi connectivity index (χ1) is 15.5. The third-order valence-electron chi connectivity index (χ3n) is 8.07. The van der Waals surface area contributed by atoms with Crippen molar-refractivity contribution in [3.63, 3.8) is 0 Å². The van der Waals surface area contributed by atoms with Gasteiger partial charge in [0.25, 0.3) is 0 Å². The predicted molar refractivity (Wildman–Crippen MR) is 128 cm³/mol. The lowest BCUT2D eigenvalue weighted by molar-refractivity contribution is -0.141. The molecule has 0 spiro atoms. The number of nitrogens with zero attached hydrogens (tertiary/aromatic N) is 3. The summed E-state index contributed by atoms with van der Waals surface area (Å²) in [6.45, 7) is 9.81. The molecule has 3 heterocycles. The second-order valence-corrected chi connectivity index (χ2v) is 10.4. The fourth-order valence-corrected chi connectivity index (χ4v) is 5.98. The van der Waals surface area contributed by atoms with E-state index in [0.717, 1.165) is 84.2 Å². The van der Waals surface area contributed by atoms with Crippen LogP contribution in [0.1, 0.15) is 64.4 Å². The molecule has 3 aliphatic rings. The van der Waals surface area contributed by atoms with Crippen LogP contribution in [0.3, 0.4) is 0 Å². The van der Waals surface area contributed by atoms with Gasteiger partial charge in [-0.05, 0) is 76.9 Å². The Balaban J connectivity index is 1.30. The van der Waals surface area contributed by atoms with Crippen LogP contribution in [0.15, 0.2) is 30.3 Å². The van der Waals surface area contributed by atoms with Crippen LogP contribution in [0.5, 0.6) is 0 Å². The Morgan fingerprint density at radius 3 is 2.25 bits per heavy atom. The minimum absolute atomic E-state index is 0.132. The first-order valence-corrected chi connectivity index (χ1v) is 12.9. The van der Waals surface area contributed by atoms with Gasteiger partial charge in [0, 0.05) is 44.1 Å². The Morgan fingerprint density at radius 1 is 0.906 bits per heavy atom.